The fourth-order valence-corrected chi connectivity index (χ4v) is 5.22. The second kappa shape index (κ2) is 9.87. The molecule has 0 aliphatic carbocycles. The summed E-state index contributed by atoms with van der Waals surface area (Å²) in [6, 6.07) is 28.4. The summed E-state index contributed by atoms with van der Waals surface area (Å²) in [7, 11) is 0. The Kier molecular flexibility index (Phi) is 5.60. The third-order valence-corrected chi connectivity index (χ3v) is 7.19. The molecular weight excluding hydrogens is 520 g/mol. The Morgan fingerprint density at radius 1 is 0.429 bits per heavy atom. The van der Waals surface area contributed by atoms with E-state index in [2.05, 4.69) is 52.4 Å². The van der Waals surface area contributed by atoms with Crippen molar-refractivity contribution < 1.29 is 0 Å². The maximum absolute atomic E-state index is 5.03. The zero-order valence-corrected chi connectivity index (χ0v) is 22.1. The fourth-order valence-electron chi connectivity index (χ4n) is 5.22. The number of benzene rings is 3. The minimum absolute atomic E-state index is 0.407. The zero-order valence-electron chi connectivity index (χ0n) is 22.1. The molecule has 0 saturated heterocycles. The van der Waals surface area contributed by atoms with Crippen LogP contribution in [0.2, 0.25) is 0 Å². The molecule has 0 aliphatic rings. The van der Waals surface area contributed by atoms with Gasteiger partial charge < -0.3 is 0 Å². The van der Waals surface area contributed by atoms with Crippen molar-refractivity contribution in [3.63, 3.8) is 0 Å². The third kappa shape index (κ3) is 4.10. The first-order valence-electron chi connectivity index (χ1n) is 13.4. The van der Waals surface area contributed by atoms with Crippen LogP contribution >= 0.6 is 0 Å². The Bertz CT molecular complexity index is 2160. The zero-order chi connectivity index (χ0) is 27.9. The first-order chi connectivity index (χ1) is 20.8. The van der Waals surface area contributed by atoms with Crippen LogP contribution in [0.4, 0.5) is 0 Å². The number of hydrogen-bond donors (Lipinski definition) is 0. The highest BCUT2D eigenvalue weighted by Crippen LogP contribution is 2.36. The number of aromatic nitrogens is 8. The van der Waals surface area contributed by atoms with Crippen molar-refractivity contribution in [2.24, 2.45) is 0 Å². The third-order valence-electron chi connectivity index (χ3n) is 7.19. The lowest BCUT2D eigenvalue weighted by atomic mass is 9.97. The van der Waals surface area contributed by atoms with Gasteiger partial charge in [0.15, 0.2) is 17.5 Å². The van der Waals surface area contributed by atoms with Gasteiger partial charge in [0, 0.05) is 52.1 Å². The van der Waals surface area contributed by atoms with Gasteiger partial charge in [0.1, 0.15) is 11.4 Å². The Morgan fingerprint density at radius 2 is 1.07 bits per heavy atom. The van der Waals surface area contributed by atoms with E-state index in [9.17, 15) is 0 Å². The quantitative estimate of drug-likeness (QED) is 0.220. The van der Waals surface area contributed by atoms with Crippen LogP contribution in [-0.4, -0.2) is 39.9 Å². The van der Waals surface area contributed by atoms with Gasteiger partial charge in [-0.25, -0.2) is 24.9 Å². The largest absolute Gasteiger partial charge is 0.264 e. The molecule has 5 aromatic heterocycles. The predicted molar refractivity (Wildman–Crippen MR) is 163 cm³/mol. The first kappa shape index (κ1) is 23.8. The van der Waals surface area contributed by atoms with E-state index in [1.165, 1.54) is 10.8 Å². The standard InChI is InChI=1S/C34H20N8/c1-2-10-24-21(7-1)13-14-26-30(24)25-11-3-4-12-27(25)39-31(26)28-19-38-29(20-37-28)34-41-32(22-8-5-15-35-17-22)40-33(42-34)23-9-6-16-36-18-23/h1-20H. The van der Waals surface area contributed by atoms with Crippen LogP contribution in [0.25, 0.3) is 78.1 Å². The molecule has 0 fully saturated rings. The van der Waals surface area contributed by atoms with E-state index in [-0.39, 0.29) is 0 Å². The highest BCUT2D eigenvalue weighted by Gasteiger charge is 2.17. The lowest BCUT2D eigenvalue weighted by molar-refractivity contribution is 1.04. The highest BCUT2D eigenvalue weighted by molar-refractivity contribution is 6.22. The molecule has 0 aliphatic heterocycles. The van der Waals surface area contributed by atoms with Crippen molar-refractivity contribution in [3.05, 3.63) is 122 Å². The van der Waals surface area contributed by atoms with E-state index in [1.54, 1.807) is 37.2 Å². The Labute approximate surface area is 239 Å². The molecule has 0 amide bonds. The Balaban J connectivity index is 1.28. The van der Waals surface area contributed by atoms with Gasteiger partial charge in [0.2, 0.25) is 0 Å². The van der Waals surface area contributed by atoms with Gasteiger partial charge in [0.05, 0.1) is 23.6 Å². The maximum Gasteiger partial charge on any atom is 0.184 e. The van der Waals surface area contributed by atoms with Crippen LogP contribution in [-0.2, 0) is 0 Å². The number of rotatable bonds is 4. The second-order valence-electron chi connectivity index (χ2n) is 9.76. The average Bonchev–Trinajstić information content (AvgIpc) is 3.08. The van der Waals surface area contributed by atoms with Gasteiger partial charge in [-0.05, 0) is 41.1 Å². The van der Waals surface area contributed by atoms with Crippen molar-refractivity contribution in [3.8, 4) is 45.7 Å². The fraction of sp³-hybridized carbons (Fsp3) is 0. The summed E-state index contributed by atoms with van der Waals surface area (Å²) in [5.41, 5.74) is 4.41. The van der Waals surface area contributed by atoms with E-state index < -0.39 is 0 Å². The van der Waals surface area contributed by atoms with E-state index in [4.69, 9.17) is 29.9 Å². The molecular formula is C34H20N8. The Hall–Kier alpha value is -6.02. The van der Waals surface area contributed by atoms with Gasteiger partial charge in [-0.1, -0.05) is 54.6 Å². The van der Waals surface area contributed by atoms with E-state index >= 15 is 0 Å². The molecule has 42 heavy (non-hydrogen) atoms. The maximum atomic E-state index is 5.03. The molecule has 3 aromatic carbocycles. The number of nitrogens with zero attached hydrogens (tertiary/aromatic N) is 8. The number of pyridine rings is 3. The van der Waals surface area contributed by atoms with Crippen molar-refractivity contribution in [1.82, 2.24) is 39.9 Å². The van der Waals surface area contributed by atoms with Crippen LogP contribution in [0, 0.1) is 0 Å². The average molecular weight is 541 g/mol. The lowest BCUT2D eigenvalue weighted by Crippen LogP contribution is -2.02. The number of fused-ring (bicyclic) bond motifs is 5. The molecule has 0 atom stereocenters. The second-order valence-corrected chi connectivity index (χ2v) is 9.76. The molecule has 0 saturated carbocycles. The van der Waals surface area contributed by atoms with Gasteiger partial charge in [-0.15, -0.1) is 0 Å². The van der Waals surface area contributed by atoms with Crippen LogP contribution in [0.3, 0.4) is 0 Å². The molecule has 0 spiro atoms. The van der Waals surface area contributed by atoms with Gasteiger partial charge >= 0.3 is 0 Å². The SMILES string of the molecule is c1cncc(-c2nc(-c3cccnc3)nc(-c3cnc(-c4nc5ccccc5c5c4ccc4ccccc45)cn3)n2)c1. The normalized spacial score (nSPS) is 11.3. The first-order valence-corrected chi connectivity index (χ1v) is 13.4. The van der Waals surface area contributed by atoms with Crippen molar-refractivity contribution in [1.29, 1.82) is 0 Å². The summed E-state index contributed by atoms with van der Waals surface area (Å²) < 4.78 is 0. The summed E-state index contributed by atoms with van der Waals surface area (Å²) in [6.45, 7) is 0. The molecule has 8 nitrogen and oxygen atoms in total. The minimum atomic E-state index is 0.407. The summed E-state index contributed by atoms with van der Waals surface area (Å²) in [6.07, 6.45) is 10.3. The molecule has 196 valence electrons. The highest BCUT2D eigenvalue weighted by atomic mass is 15.1. The van der Waals surface area contributed by atoms with E-state index in [1.807, 2.05) is 42.5 Å². The molecule has 0 bridgehead atoms. The van der Waals surface area contributed by atoms with Gasteiger partial charge in [-0.2, -0.15) is 0 Å². The number of hydrogen-bond acceptors (Lipinski definition) is 8. The van der Waals surface area contributed by atoms with Crippen molar-refractivity contribution in [2.45, 2.75) is 0 Å². The van der Waals surface area contributed by atoms with Crippen LogP contribution in [0.1, 0.15) is 0 Å². The summed E-state index contributed by atoms with van der Waals surface area (Å²) in [5.74, 6) is 1.39. The summed E-state index contributed by atoms with van der Waals surface area (Å²) in [4.78, 5) is 37.2. The van der Waals surface area contributed by atoms with Crippen LogP contribution < -0.4 is 0 Å². The monoisotopic (exact) mass is 540 g/mol. The van der Waals surface area contributed by atoms with Crippen molar-refractivity contribution in [2.75, 3.05) is 0 Å². The Morgan fingerprint density at radius 3 is 1.76 bits per heavy atom. The minimum Gasteiger partial charge on any atom is -0.264 e. The molecule has 0 N–H and O–H groups in total. The van der Waals surface area contributed by atoms with E-state index in [0.717, 1.165) is 38.5 Å². The predicted octanol–water partition coefficient (Wildman–Crippen LogP) is 6.97. The molecule has 0 radical (unpaired) electrons. The van der Waals surface area contributed by atoms with Crippen molar-refractivity contribution >= 4 is 32.4 Å². The van der Waals surface area contributed by atoms with Gasteiger partial charge in [-0.3, -0.25) is 15.0 Å². The summed E-state index contributed by atoms with van der Waals surface area (Å²) >= 11 is 0. The molecule has 8 rings (SSSR count). The number of para-hydroxylation sites is 1. The van der Waals surface area contributed by atoms with Gasteiger partial charge in [0.25, 0.3) is 0 Å². The molecule has 8 aromatic rings. The molecule has 8 heteroatoms. The molecule has 0 unspecified atom stereocenters. The summed E-state index contributed by atoms with van der Waals surface area (Å²) in [5, 5.41) is 5.63. The smallest absolute Gasteiger partial charge is 0.184 e. The van der Waals surface area contributed by atoms with Crippen LogP contribution in [0.15, 0.2) is 122 Å². The molecule has 5 heterocycles. The lowest BCUT2D eigenvalue weighted by Gasteiger charge is -2.12. The van der Waals surface area contributed by atoms with Crippen LogP contribution in [0.5, 0.6) is 0 Å². The van der Waals surface area contributed by atoms with E-state index in [0.29, 0.717) is 28.9 Å². The topological polar surface area (TPSA) is 103 Å².